The summed E-state index contributed by atoms with van der Waals surface area (Å²) in [5.41, 5.74) is 0.935. The van der Waals surface area contributed by atoms with E-state index < -0.39 is 0 Å². The third kappa shape index (κ3) is 3.07. The quantitative estimate of drug-likeness (QED) is 0.693. The molecule has 0 spiro atoms. The van der Waals surface area contributed by atoms with Gasteiger partial charge in [0.05, 0.1) is 13.0 Å². The summed E-state index contributed by atoms with van der Waals surface area (Å²) >= 11 is 5.39. The standard InChI is InChI=1S/C10H11ClO2/c1-13-10-4-2-3-8(6-10)5-9(12)7-11/h2-4,6H,5,7H2,1H3. The minimum atomic E-state index is 0.0231. The van der Waals surface area contributed by atoms with E-state index in [9.17, 15) is 4.79 Å². The summed E-state index contributed by atoms with van der Waals surface area (Å²) in [4.78, 5) is 11.0. The molecule has 1 aromatic rings. The topological polar surface area (TPSA) is 26.3 Å². The van der Waals surface area contributed by atoms with Gasteiger partial charge in [-0.25, -0.2) is 0 Å². The predicted octanol–water partition coefficient (Wildman–Crippen LogP) is 2.05. The number of ketones is 1. The van der Waals surface area contributed by atoms with Crippen molar-refractivity contribution in [1.29, 1.82) is 0 Å². The van der Waals surface area contributed by atoms with Crippen molar-refractivity contribution in [3.8, 4) is 5.75 Å². The molecular formula is C10H11ClO2. The van der Waals surface area contributed by atoms with Crippen molar-refractivity contribution in [3.05, 3.63) is 29.8 Å². The number of rotatable bonds is 4. The Labute approximate surface area is 82.5 Å². The van der Waals surface area contributed by atoms with Crippen molar-refractivity contribution >= 4 is 17.4 Å². The zero-order valence-corrected chi connectivity index (χ0v) is 8.17. The van der Waals surface area contributed by atoms with E-state index in [0.717, 1.165) is 11.3 Å². The van der Waals surface area contributed by atoms with Gasteiger partial charge in [0.25, 0.3) is 0 Å². The molecule has 0 aliphatic rings. The third-order valence-corrected chi connectivity index (χ3v) is 1.98. The summed E-state index contributed by atoms with van der Waals surface area (Å²) in [7, 11) is 1.60. The van der Waals surface area contributed by atoms with Crippen LogP contribution in [0.4, 0.5) is 0 Å². The van der Waals surface area contributed by atoms with E-state index in [4.69, 9.17) is 16.3 Å². The van der Waals surface area contributed by atoms with Crippen LogP contribution in [-0.2, 0) is 11.2 Å². The minimum Gasteiger partial charge on any atom is -0.497 e. The van der Waals surface area contributed by atoms with Crippen LogP contribution in [0.3, 0.4) is 0 Å². The van der Waals surface area contributed by atoms with Crippen molar-refractivity contribution in [1.82, 2.24) is 0 Å². The van der Waals surface area contributed by atoms with Gasteiger partial charge in [0.15, 0.2) is 5.78 Å². The first kappa shape index (κ1) is 10.1. The normalized spacial score (nSPS) is 9.69. The summed E-state index contributed by atoms with van der Waals surface area (Å²) in [6.07, 6.45) is 0.376. The highest BCUT2D eigenvalue weighted by atomic mass is 35.5. The number of benzene rings is 1. The second-order valence-corrected chi connectivity index (χ2v) is 2.97. The molecule has 0 aromatic heterocycles. The number of Topliss-reactive ketones (excluding diaryl/α,β-unsaturated/α-hetero) is 1. The zero-order chi connectivity index (χ0) is 9.68. The van der Waals surface area contributed by atoms with Crippen LogP contribution in [0, 0.1) is 0 Å². The highest BCUT2D eigenvalue weighted by Crippen LogP contribution is 2.13. The number of hydrogen-bond acceptors (Lipinski definition) is 2. The molecule has 0 fully saturated rings. The van der Waals surface area contributed by atoms with E-state index in [1.54, 1.807) is 7.11 Å². The fourth-order valence-corrected chi connectivity index (χ4v) is 1.15. The minimum absolute atomic E-state index is 0.0231. The van der Waals surface area contributed by atoms with Gasteiger partial charge in [-0.2, -0.15) is 0 Å². The Balaban J connectivity index is 2.71. The summed E-state index contributed by atoms with van der Waals surface area (Å²) in [6, 6.07) is 7.42. The number of hydrogen-bond donors (Lipinski definition) is 0. The number of carbonyl (C=O) groups excluding carboxylic acids is 1. The van der Waals surface area contributed by atoms with Crippen LogP contribution in [0.2, 0.25) is 0 Å². The Bertz CT molecular complexity index is 297. The molecule has 0 saturated heterocycles. The lowest BCUT2D eigenvalue weighted by atomic mass is 10.1. The van der Waals surface area contributed by atoms with Crippen molar-refractivity contribution in [2.24, 2.45) is 0 Å². The second-order valence-electron chi connectivity index (χ2n) is 2.70. The molecule has 13 heavy (non-hydrogen) atoms. The number of carbonyl (C=O) groups is 1. The molecule has 0 radical (unpaired) electrons. The summed E-state index contributed by atoms with van der Waals surface area (Å²) in [5.74, 6) is 0.854. The van der Waals surface area contributed by atoms with Crippen LogP contribution >= 0.6 is 11.6 Å². The summed E-state index contributed by atoms with van der Waals surface area (Å²) in [6.45, 7) is 0. The first-order valence-corrected chi connectivity index (χ1v) is 4.50. The molecule has 0 N–H and O–H groups in total. The van der Waals surface area contributed by atoms with Crippen molar-refractivity contribution in [3.63, 3.8) is 0 Å². The molecule has 0 saturated carbocycles. The molecule has 0 aliphatic carbocycles. The highest BCUT2D eigenvalue weighted by molar-refractivity contribution is 6.27. The van der Waals surface area contributed by atoms with Crippen molar-refractivity contribution in [2.75, 3.05) is 13.0 Å². The first-order valence-electron chi connectivity index (χ1n) is 3.97. The maximum Gasteiger partial charge on any atom is 0.151 e. The molecule has 1 aromatic carbocycles. The van der Waals surface area contributed by atoms with Crippen LogP contribution in [0.25, 0.3) is 0 Å². The van der Waals surface area contributed by atoms with Gasteiger partial charge in [-0.1, -0.05) is 12.1 Å². The summed E-state index contributed by atoms with van der Waals surface area (Å²) in [5, 5.41) is 0. The first-order chi connectivity index (χ1) is 6.26. The van der Waals surface area contributed by atoms with Gasteiger partial charge in [-0.3, -0.25) is 4.79 Å². The Morgan fingerprint density at radius 1 is 1.54 bits per heavy atom. The molecule has 2 nitrogen and oxygen atoms in total. The lowest BCUT2D eigenvalue weighted by Crippen LogP contribution is -2.03. The second kappa shape index (κ2) is 4.87. The van der Waals surface area contributed by atoms with E-state index in [1.807, 2.05) is 24.3 Å². The number of alkyl halides is 1. The molecule has 0 heterocycles. The van der Waals surface area contributed by atoms with Crippen LogP contribution in [0.5, 0.6) is 5.75 Å². The highest BCUT2D eigenvalue weighted by Gasteiger charge is 2.02. The fraction of sp³-hybridized carbons (Fsp3) is 0.300. The molecule has 0 atom stereocenters. The number of halogens is 1. The van der Waals surface area contributed by atoms with Gasteiger partial charge in [0, 0.05) is 6.42 Å². The Hall–Kier alpha value is -1.02. The maximum atomic E-state index is 11.0. The van der Waals surface area contributed by atoms with E-state index in [2.05, 4.69) is 0 Å². The Morgan fingerprint density at radius 3 is 2.92 bits per heavy atom. The van der Waals surface area contributed by atoms with Crippen molar-refractivity contribution < 1.29 is 9.53 Å². The molecule has 1 rings (SSSR count). The van der Waals surface area contributed by atoms with Crippen LogP contribution in [0.1, 0.15) is 5.56 Å². The molecule has 70 valence electrons. The molecular weight excluding hydrogens is 188 g/mol. The molecule has 3 heteroatoms. The smallest absolute Gasteiger partial charge is 0.151 e. The molecule has 0 bridgehead atoms. The van der Waals surface area contributed by atoms with Crippen LogP contribution < -0.4 is 4.74 Å². The van der Waals surface area contributed by atoms with Gasteiger partial charge >= 0.3 is 0 Å². The Morgan fingerprint density at radius 2 is 2.31 bits per heavy atom. The average molecular weight is 199 g/mol. The monoisotopic (exact) mass is 198 g/mol. The third-order valence-electron chi connectivity index (χ3n) is 1.68. The fourth-order valence-electron chi connectivity index (χ4n) is 1.06. The van der Waals surface area contributed by atoms with Gasteiger partial charge in [0.2, 0.25) is 0 Å². The molecule has 0 amide bonds. The van der Waals surface area contributed by atoms with Gasteiger partial charge < -0.3 is 4.74 Å². The lowest BCUT2D eigenvalue weighted by Gasteiger charge is -2.02. The SMILES string of the molecule is COc1cccc(CC(=O)CCl)c1. The number of methoxy groups -OCH3 is 1. The van der Waals surface area contributed by atoms with E-state index in [0.29, 0.717) is 6.42 Å². The van der Waals surface area contributed by atoms with Gasteiger partial charge in [-0.05, 0) is 17.7 Å². The molecule has 0 aliphatic heterocycles. The van der Waals surface area contributed by atoms with E-state index in [-0.39, 0.29) is 11.7 Å². The molecule has 0 unspecified atom stereocenters. The predicted molar refractivity (Wildman–Crippen MR) is 52.4 cm³/mol. The average Bonchev–Trinajstić information content (AvgIpc) is 2.18. The van der Waals surface area contributed by atoms with Crippen molar-refractivity contribution in [2.45, 2.75) is 6.42 Å². The zero-order valence-electron chi connectivity index (χ0n) is 7.42. The van der Waals surface area contributed by atoms with E-state index in [1.165, 1.54) is 0 Å². The number of ether oxygens (including phenoxy) is 1. The maximum absolute atomic E-state index is 11.0. The Kier molecular flexibility index (Phi) is 3.77. The van der Waals surface area contributed by atoms with Crippen LogP contribution in [0.15, 0.2) is 24.3 Å². The lowest BCUT2D eigenvalue weighted by molar-refractivity contribution is -0.116. The summed E-state index contributed by atoms with van der Waals surface area (Å²) < 4.78 is 5.03. The van der Waals surface area contributed by atoms with E-state index >= 15 is 0 Å². The van der Waals surface area contributed by atoms with Crippen LogP contribution in [-0.4, -0.2) is 18.8 Å². The van der Waals surface area contributed by atoms with Gasteiger partial charge in [-0.15, -0.1) is 11.6 Å². The van der Waals surface area contributed by atoms with Gasteiger partial charge in [0.1, 0.15) is 5.75 Å². The largest absolute Gasteiger partial charge is 0.497 e.